The van der Waals surface area contributed by atoms with E-state index in [9.17, 15) is 18.7 Å². The van der Waals surface area contributed by atoms with Crippen molar-refractivity contribution in [1.82, 2.24) is 9.55 Å². The standard InChI is InChI=1S/C23H24F2N2O3/c1-30-21(15-10-6-3-7-11-15)22-26-18-12-16(24)17(25)13-19(18)27(22)20(23(28)29)14-8-4-2-5-9-14/h3,6-7,10-14,20-21H,2,4-5,8-9H2,1H3,(H,28,29). The molecule has 1 saturated carbocycles. The molecule has 1 aliphatic carbocycles. The molecule has 1 N–H and O–H groups in total. The molecule has 4 rings (SSSR count). The summed E-state index contributed by atoms with van der Waals surface area (Å²) in [7, 11) is 1.51. The zero-order chi connectivity index (χ0) is 21.3. The van der Waals surface area contributed by atoms with Gasteiger partial charge in [-0.1, -0.05) is 49.6 Å². The van der Waals surface area contributed by atoms with Crippen molar-refractivity contribution in [2.45, 2.75) is 44.2 Å². The molecule has 3 aromatic rings. The van der Waals surface area contributed by atoms with E-state index in [0.29, 0.717) is 5.82 Å². The SMILES string of the molecule is COC(c1ccccc1)c1nc2cc(F)c(F)cc2n1C(C(=O)O)C1CCCCC1. The molecule has 0 bridgehead atoms. The number of ether oxygens (including phenoxy) is 1. The summed E-state index contributed by atoms with van der Waals surface area (Å²) in [5.41, 5.74) is 1.26. The van der Waals surface area contributed by atoms with Crippen LogP contribution in [-0.2, 0) is 9.53 Å². The number of methoxy groups -OCH3 is 1. The van der Waals surface area contributed by atoms with Crippen molar-refractivity contribution < 1.29 is 23.4 Å². The number of hydrogen-bond acceptors (Lipinski definition) is 3. The number of carboxylic acid groups (broad SMARTS) is 1. The first-order valence-corrected chi connectivity index (χ1v) is 10.2. The minimum atomic E-state index is -1.03. The fourth-order valence-corrected chi connectivity index (χ4v) is 4.58. The van der Waals surface area contributed by atoms with Crippen LogP contribution in [0.5, 0.6) is 0 Å². The first kappa shape index (κ1) is 20.5. The van der Waals surface area contributed by atoms with Gasteiger partial charge in [-0.3, -0.25) is 0 Å². The summed E-state index contributed by atoms with van der Waals surface area (Å²) in [5, 5.41) is 10.2. The van der Waals surface area contributed by atoms with Gasteiger partial charge in [0, 0.05) is 19.2 Å². The summed E-state index contributed by atoms with van der Waals surface area (Å²) >= 11 is 0. The normalized spacial score (nSPS) is 17.2. The summed E-state index contributed by atoms with van der Waals surface area (Å²) in [6.07, 6.45) is 3.84. The van der Waals surface area contributed by atoms with Crippen LogP contribution in [0.3, 0.4) is 0 Å². The summed E-state index contributed by atoms with van der Waals surface area (Å²) in [6, 6.07) is 10.4. The summed E-state index contributed by atoms with van der Waals surface area (Å²) in [4.78, 5) is 17.0. The second-order valence-corrected chi connectivity index (χ2v) is 7.80. The zero-order valence-electron chi connectivity index (χ0n) is 16.7. The first-order chi connectivity index (χ1) is 14.5. The Morgan fingerprint density at radius 2 is 1.80 bits per heavy atom. The highest BCUT2D eigenvalue weighted by atomic mass is 19.2. The van der Waals surface area contributed by atoms with Crippen molar-refractivity contribution in [1.29, 1.82) is 0 Å². The Morgan fingerprint density at radius 1 is 1.13 bits per heavy atom. The molecule has 2 atom stereocenters. The third-order valence-electron chi connectivity index (χ3n) is 5.96. The van der Waals surface area contributed by atoms with Crippen LogP contribution in [0.2, 0.25) is 0 Å². The van der Waals surface area contributed by atoms with Crippen molar-refractivity contribution >= 4 is 17.0 Å². The van der Waals surface area contributed by atoms with Gasteiger partial charge in [0.05, 0.1) is 11.0 Å². The van der Waals surface area contributed by atoms with Crippen LogP contribution in [0, 0.1) is 17.6 Å². The number of aliphatic carboxylic acids is 1. The van der Waals surface area contributed by atoms with Crippen LogP contribution in [0.1, 0.15) is 55.6 Å². The smallest absolute Gasteiger partial charge is 0.327 e. The van der Waals surface area contributed by atoms with E-state index in [4.69, 9.17) is 4.74 Å². The van der Waals surface area contributed by atoms with Crippen LogP contribution >= 0.6 is 0 Å². The number of benzene rings is 2. The number of fused-ring (bicyclic) bond motifs is 1. The maximum atomic E-state index is 14.2. The quantitative estimate of drug-likeness (QED) is 0.598. The molecule has 7 heteroatoms. The minimum Gasteiger partial charge on any atom is -0.480 e. The van der Waals surface area contributed by atoms with Gasteiger partial charge in [-0.15, -0.1) is 0 Å². The van der Waals surface area contributed by atoms with Gasteiger partial charge in [-0.05, 0) is 24.3 Å². The lowest BCUT2D eigenvalue weighted by Crippen LogP contribution is -2.31. The number of carbonyl (C=O) groups is 1. The van der Waals surface area contributed by atoms with Crippen LogP contribution < -0.4 is 0 Å². The second-order valence-electron chi connectivity index (χ2n) is 7.80. The molecule has 0 amide bonds. The van der Waals surface area contributed by atoms with Crippen LogP contribution in [0.15, 0.2) is 42.5 Å². The van der Waals surface area contributed by atoms with Gasteiger partial charge in [-0.25, -0.2) is 18.6 Å². The lowest BCUT2D eigenvalue weighted by Gasteiger charge is -2.31. The van der Waals surface area contributed by atoms with Gasteiger partial charge < -0.3 is 14.4 Å². The number of nitrogens with zero attached hydrogens (tertiary/aromatic N) is 2. The highest BCUT2D eigenvalue weighted by Crippen LogP contribution is 2.39. The Hall–Kier alpha value is -2.80. The van der Waals surface area contributed by atoms with E-state index in [0.717, 1.165) is 49.8 Å². The highest BCUT2D eigenvalue weighted by molar-refractivity contribution is 5.81. The van der Waals surface area contributed by atoms with Crippen LogP contribution in [0.4, 0.5) is 8.78 Å². The average Bonchev–Trinajstić information content (AvgIpc) is 3.08. The Kier molecular flexibility index (Phi) is 5.81. The Balaban J connectivity index is 1.96. The maximum absolute atomic E-state index is 14.2. The number of rotatable bonds is 6. The number of aromatic nitrogens is 2. The van der Waals surface area contributed by atoms with E-state index in [1.54, 1.807) is 4.57 Å². The van der Waals surface area contributed by atoms with Crippen LogP contribution in [-0.4, -0.2) is 27.7 Å². The van der Waals surface area contributed by atoms with E-state index < -0.39 is 29.7 Å². The molecule has 1 heterocycles. The third kappa shape index (κ3) is 3.69. The van der Waals surface area contributed by atoms with Gasteiger partial charge in [-0.2, -0.15) is 0 Å². The molecule has 2 aromatic carbocycles. The molecule has 0 saturated heterocycles. The Bertz CT molecular complexity index is 1050. The molecule has 1 fully saturated rings. The van der Waals surface area contributed by atoms with Gasteiger partial charge in [0.25, 0.3) is 0 Å². The molecule has 30 heavy (non-hydrogen) atoms. The molecular weight excluding hydrogens is 390 g/mol. The summed E-state index contributed by atoms with van der Waals surface area (Å²) < 4.78 is 35.4. The zero-order valence-corrected chi connectivity index (χ0v) is 16.7. The maximum Gasteiger partial charge on any atom is 0.327 e. The number of halogens is 2. The summed E-state index contributed by atoms with van der Waals surface area (Å²) in [5.74, 6) is -2.83. The first-order valence-electron chi connectivity index (χ1n) is 10.2. The minimum absolute atomic E-state index is 0.117. The van der Waals surface area contributed by atoms with E-state index in [1.165, 1.54) is 7.11 Å². The van der Waals surface area contributed by atoms with Crippen molar-refractivity contribution in [3.05, 3.63) is 65.5 Å². The van der Waals surface area contributed by atoms with E-state index in [1.807, 2.05) is 30.3 Å². The predicted octanol–water partition coefficient (Wildman–Crippen LogP) is 5.26. The fourth-order valence-electron chi connectivity index (χ4n) is 4.58. The lowest BCUT2D eigenvalue weighted by atomic mass is 9.83. The topological polar surface area (TPSA) is 64.4 Å². The van der Waals surface area contributed by atoms with E-state index in [2.05, 4.69) is 4.98 Å². The Morgan fingerprint density at radius 3 is 2.43 bits per heavy atom. The molecule has 158 valence electrons. The fraction of sp³-hybridized carbons (Fsp3) is 0.391. The van der Waals surface area contributed by atoms with Gasteiger partial charge in [0.2, 0.25) is 0 Å². The van der Waals surface area contributed by atoms with Crippen LogP contribution in [0.25, 0.3) is 11.0 Å². The largest absolute Gasteiger partial charge is 0.480 e. The molecule has 0 aliphatic heterocycles. The van der Waals surface area contributed by atoms with Crippen molar-refractivity contribution in [2.75, 3.05) is 7.11 Å². The monoisotopic (exact) mass is 414 g/mol. The number of hydrogen-bond donors (Lipinski definition) is 1. The molecule has 2 unspecified atom stereocenters. The highest BCUT2D eigenvalue weighted by Gasteiger charge is 2.36. The Labute approximate surface area is 173 Å². The van der Waals surface area contributed by atoms with Gasteiger partial charge >= 0.3 is 5.97 Å². The lowest BCUT2D eigenvalue weighted by molar-refractivity contribution is -0.143. The molecule has 0 spiro atoms. The molecule has 1 aromatic heterocycles. The predicted molar refractivity (Wildman–Crippen MR) is 108 cm³/mol. The molecule has 1 aliphatic rings. The summed E-state index contributed by atoms with van der Waals surface area (Å²) in [6.45, 7) is 0. The van der Waals surface area contributed by atoms with Crippen molar-refractivity contribution in [3.63, 3.8) is 0 Å². The second kappa shape index (κ2) is 8.52. The number of imidazole rings is 1. The molecule has 0 radical (unpaired) electrons. The van der Waals surface area contributed by atoms with Crippen molar-refractivity contribution in [3.8, 4) is 0 Å². The van der Waals surface area contributed by atoms with Gasteiger partial charge in [0.15, 0.2) is 11.6 Å². The van der Waals surface area contributed by atoms with Crippen molar-refractivity contribution in [2.24, 2.45) is 5.92 Å². The number of carboxylic acids is 1. The van der Waals surface area contributed by atoms with E-state index in [-0.39, 0.29) is 17.0 Å². The van der Waals surface area contributed by atoms with E-state index >= 15 is 0 Å². The molecular formula is C23H24F2N2O3. The van der Waals surface area contributed by atoms with Gasteiger partial charge in [0.1, 0.15) is 18.0 Å². The molecule has 5 nitrogen and oxygen atoms in total. The average molecular weight is 414 g/mol. The third-order valence-corrected chi connectivity index (χ3v) is 5.96.